The van der Waals surface area contributed by atoms with E-state index in [1.807, 2.05) is 18.7 Å². The third-order valence-corrected chi connectivity index (χ3v) is 6.19. The Morgan fingerprint density at radius 2 is 2.33 bits per heavy atom. The van der Waals surface area contributed by atoms with Gasteiger partial charge < -0.3 is 10.4 Å². The van der Waals surface area contributed by atoms with Crippen molar-refractivity contribution in [2.45, 2.75) is 37.5 Å². The molecule has 0 bridgehead atoms. The minimum absolute atomic E-state index is 0.430. The van der Waals surface area contributed by atoms with E-state index >= 15 is 0 Å². The molecule has 18 heavy (non-hydrogen) atoms. The summed E-state index contributed by atoms with van der Waals surface area (Å²) in [6.45, 7) is 3.78. The van der Waals surface area contributed by atoms with Gasteiger partial charge in [0.2, 0.25) is 0 Å². The van der Waals surface area contributed by atoms with Crippen LogP contribution in [-0.2, 0) is 6.54 Å². The molecule has 2 rings (SSSR count). The highest BCUT2D eigenvalue weighted by molar-refractivity contribution is 8.00. The van der Waals surface area contributed by atoms with Gasteiger partial charge in [0.25, 0.3) is 0 Å². The van der Waals surface area contributed by atoms with Crippen LogP contribution in [0.1, 0.15) is 39.4 Å². The summed E-state index contributed by atoms with van der Waals surface area (Å²) < 4.78 is 0.430. The Labute approximate surface area is 116 Å². The number of hydrogen-bond donors (Lipinski definition) is 2. The molecule has 1 fully saturated rings. The van der Waals surface area contributed by atoms with Crippen molar-refractivity contribution < 1.29 is 9.90 Å². The van der Waals surface area contributed by atoms with Crippen LogP contribution in [0.15, 0.2) is 6.07 Å². The summed E-state index contributed by atoms with van der Waals surface area (Å²) >= 11 is 3.32. The van der Waals surface area contributed by atoms with Crippen LogP contribution >= 0.6 is 23.1 Å². The fourth-order valence-electron chi connectivity index (χ4n) is 2.25. The fourth-order valence-corrected chi connectivity index (χ4v) is 4.07. The lowest BCUT2D eigenvalue weighted by atomic mass is 9.84. The Bertz CT molecular complexity index is 433. The van der Waals surface area contributed by atoms with Crippen molar-refractivity contribution >= 4 is 29.1 Å². The zero-order valence-corrected chi connectivity index (χ0v) is 12.4. The molecule has 0 aromatic carbocycles. The maximum atomic E-state index is 10.9. The van der Waals surface area contributed by atoms with Crippen LogP contribution in [0.5, 0.6) is 0 Å². The first kappa shape index (κ1) is 13.9. The molecule has 5 heteroatoms. The van der Waals surface area contributed by atoms with Crippen LogP contribution in [0.4, 0.5) is 0 Å². The topological polar surface area (TPSA) is 49.3 Å². The Morgan fingerprint density at radius 1 is 1.61 bits per heavy atom. The second-order valence-electron chi connectivity index (χ2n) is 4.84. The van der Waals surface area contributed by atoms with Crippen molar-refractivity contribution in [2.24, 2.45) is 0 Å². The quantitative estimate of drug-likeness (QED) is 0.843. The van der Waals surface area contributed by atoms with E-state index in [0.717, 1.165) is 23.5 Å². The lowest BCUT2D eigenvalue weighted by Gasteiger charge is -2.40. The highest BCUT2D eigenvalue weighted by Crippen LogP contribution is 2.42. The van der Waals surface area contributed by atoms with Crippen LogP contribution < -0.4 is 5.32 Å². The standard InChI is InChI=1S/C13H19NO2S2/c1-9-10(6-11(18-9)12(15)16)7-14-8-13(17-2)4-3-5-13/h6,14H,3-5,7-8H2,1-2H3,(H,15,16). The molecular formula is C13H19NO2S2. The normalized spacial score (nSPS) is 17.4. The minimum atomic E-state index is -0.825. The van der Waals surface area contributed by atoms with E-state index in [0.29, 0.717) is 9.62 Å². The number of thioether (sulfide) groups is 1. The first-order valence-corrected chi connectivity index (χ1v) is 8.19. The van der Waals surface area contributed by atoms with Gasteiger partial charge in [-0.05, 0) is 37.7 Å². The van der Waals surface area contributed by atoms with Crippen molar-refractivity contribution in [3.63, 3.8) is 0 Å². The molecule has 1 aliphatic rings. The van der Waals surface area contributed by atoms with E-state index in [4.69, 9.17) is 5.11 Å². The van der Waals surface area contributed by atoms with Crippen molar-refractivity contribution in [1.29, 1.82) is 0 Å². The summed E-state index contributed by atoms with van der Waals surface area (Å²) in [5, 5.41) is 12.4. The number of rotatable bonds is 6. The van der Waals surface area contributed by atoms with Gasteiger partial charge in [0.15, 0.2) is 0 Å². The smallest absolute Gasteiger partial charge is 0.345 e. The maximum absolute atomic E-state index is 10.9. The van der Waals surface area contributed by atoms with Gasteiger partial charge in [-0.3, -0.25) is 0 Å². The SMILES string of the molecule is CSC1(CNCc2cc(C(=O)O)sc2C)CCC1. The van der Waals surface area contributed by atoms with Gasteiger partial charge in [-0.25, -0.2) is 4.79 Å². The summed E-state index contributed by atoms with van der Waals surface area (Å²) in [4.78, 5) is 12.4. The van der Waals surface area contributed by atoms with Crippen molar-refractivity contribution in [3.8, 4) is 0 Å². The van der Waals surface area contributed by atoms with Gasteiger partial charge in [-0.15, -0.1) is 11.3 Å². The van der Waals surface area contributed by atoms with E-state index in [1.54, 1.807) is 6.07 Å². The number of carboxylic acid groups (broad SMARTS) is 1. The van der Waals surface area contributed by atoms with Crippen LogP contribution in [0, 0.1) is 6.92 Å². The molecular weight excluding hydrogens is 266 g/mol. The van der Waals surface area contributed by atoms with Gasteiger partial charge in [0.05, 0.1) is 0 Å². The summed E-state index contributed by atoms with van der Waals surface area (Å²) in [6.07, 6.45) is 6.11. The molecule has 3 nitrogen and oxygen atoms in total. The summed E-state index contributed by atoms with van der Waals surface area (Å²) in [5.41, 5.74) is 1.12. The number of hydrogen-bond acceptors (Lipinski definition) is 4. The van der Waals surface area contributed by atoms with Crippen LogP contribution in [0.3, 0.4) is 0 Å². The molecule has 0 spiro atoms. The number of aryl methyl sites for hydroxylation is 1. The molecule has 1 aliphatic carbocycles. The van der Waals surface area contributed by atoms with Crippen LogP contribution in [0.2, 0.25) is 0 Å². The average molecular weight is 285 g/mol. The summed E-state index contributed by atoms with van der Waals surface area (Å²) in [7, 11) is 0. The minimum Gasteiger partial charge on any atom is -0.477 e. The molecule has 100 valence electrons. The Hall–Kier alpha value is -0.520. The van der Waals surface area contributed by atoms with Gasteiger partial charge in [-0.2, -0.15) is 11.8 Å². The van der Waals surface area contributed by atoms with E-state index in [1.165, 1.54) is 30.6 Å². The zero-order valence-electron chi connectivity index (χ0n) is 10.8. The molecule has 0 radical (unpaired) electrons. The van der Waals surface area contributed by atoms with Crippen molar-refractivity contribution in [1.82, 2.24) is 5.32 Å². The molecule has 2 N–H and O–H groups in total. The van der Waals surface area contributed by atoms with E-state index in [-0.39, 0.29) is 0 Å². The Kier molecular flexibility index (Phi) is 4.35. The predicted molar refractivity (Wildman–Crippen MR) is 77.8 cm³/mol. The molecule has 0 aliphatic heterocycles. The lowest BCUT2D eigenvalue weighted by molar-refractivity contribution is 0.0702. The second kappa shape index (κ2) is 5.63. The summed E-state index contributed by atoms with van der Waals surface area (Å²) in [6, 6.07) is 1.79. The molecule has 1 aromatic heterocycles. The van der Waals surface area contributed by atoms with Gasteiger partial charge >= 0.3 is 5.97 Å². The van der Waals surface area contributed by atoms with Gasteiger partial charge in [0, 0.05) is 22.7 Å². The first-order valence-electron chi connectivity index (χ1n) is 6.15. The van der Waals surface area contributed by atoms with Gasteiger partial charge in [0.1, 0.15) is 4.88 Å². The molecule has 0 amide bonds. The molecule has 0 unspecified atom stereocenters. The Balaban J connectivity index is 1.88. The summed E-state index contributed by atoms with van der Waals surface area (Å²) in [5.74, 6) is -0.825. The highest BCUT2D eigenvalue weighted by atomic mass is 32.2. The largest absolute Gasteiger partial charge is 0.477 e. The number of nitrogens with one attached hydrogen (secondary N) is 1. The predicted octanol–water partition coefficient (Wildman–Crippen LogP) is 3.13. The second-order valence-corrected chi connectivity index (χ2v) is 7.37. The average Bonchev–Trinajstić information content (AvgIpc) is 2.64. The molecule has 1 aromatic rings. The van der Waals surface area contributed by atoms with E-state index in [9.17, 15) is 4.79 Å². The Morgan fingerprint density at radius 3 is 2.78 bits per heavy atom. The highest BCUT2D eigenvalue weighted by Gasteiger charge is 2.35. The number of carboxylic acids is 1. The number of thiophene rings is 1. The molecule has 0 saturated heterocycles. The van der Waals surface area contributed by atoms with E-state index in [2.05, 4.69) is 11.6 Å². The van der Waals surface area contributed by atoms with Crippen molar-refractivity contribution in [2.75, 3.05) is 12.8 Å². The number of aromatic carboxylic acids is 1. The maximum Gasteiger partial charge on any atom is 0.345 e. The van der Waals surface area contributed by atoms with E-state index < -0.39 is 5.97 Å². The lowest BCUT2D eigenvalue weighted by Crippen LogP contribution is -2.43. The van der Waals surface area contributed by atoms with Gasteiger partial charge in [-0.1, -0.05) is 6.42 Å². The van der Waals surface area contributed by atoms with Crippen LogP contribution in [0.25, 0.3) is 0 Å². The van der Waals surface area contributed by atoms with Crippen LogP contribution in [-0.4, -0.2) is 28.6 Å². The zero-order chi connectivity index (χ0) is 13.2. The number of carbonyl (C=O) groups is 1. The monoisotopic (exact) mass is 285 g/mol. The first-order chi connectivity index (χ1) is 8.56. The fraction of sp³-hybridized carbons (Fsp3) is 0.615. The third-order valence-electron chi connectivity index (χ3n) is 3.69. The molecule has 1 saturated carbocycles. The van der Waals surface area contributed by atoms with Crippen molar-refractivity contribution in [3.05, 3.63) is 21.4 Å². The third kappa shape index (κ3) is 2.90. The molecule has 1 heterocycles. The molecule has 0 atom stereocenters.